The molecule has 0 aliphatic heterocycles. The number of aliphatic hydroxyl groups is 1. The van der Waals surface area contributed by atoms with E-state index in [9.17, 15) is 5.11 Å². The highest BCUT2D eigenvalue weighted by Gasteiger charge is 2.17. The zero-order valence-corrected chi connectivity index (χ0v) is 12.1. The molecular formula is C12H16Cl3NO. The SMILES string of the molecule is CCN(CC)C[C@H](O)c1cc(Cl)cc(Cl)c1Cl. The van der Waals surface area contributed by atoms with E-state index in [1.165, 1.54) is 0 Å². The first-order valence-corrected chi connectivity index (χ1v) is 6.67. The van der Waals surface area contributed by atoms with E-state index in [1.807, 2.05) is 13.8 Å². The lowest BCUT2D eigenvalue weighted by molar-refractivity contribution is 0.119. The van der Waals surface area contributed by atoms with Gasteiger partial charge in [0.1, 0.15) is 0 Å². The Morgan fingerprint density at radius 2 is 1.76 bits per heavy atom. The summed E-state index contributed by atoms with van der Waals surface area (Å²) in [6.45, 7) is 6.36. The van der Waals surface area contributed by atoms with Crippen molar-refractivity contribution in [2.24, 2.45) is 0 Å². The van der Waals surface area contributed by atoms with Gasteiger partial charge in [0.05, 0.1) is 16.1 Å². The van der Waals surface area contributed by atoms with Crippen LogP contribution in [-0.2, 0) is 0 Å². The number of nitrogens with zero attached hydrogens (tertiary/aromatic N) is 1. The molecular weight excluding hydrogens is 280 g/mol. The number of hydrogen-bond donors (Lipinski definition) is 1. The van der Waals surface area contributed by atoms with Crippen LogP contribution in [0.15, 0.2) is 12.1 Å². The van der Waals surface area contributed by atoms with Crippen LogP contribution in [0.5, 0.6) is 0 Å². The second-order valence-electron chi connectivity index (χ2n) is 3.79. The molecule has 1 aromatic rings. The van der Waals surface area contributed by atoms with Crippen LogP contribution in [0, 0.1) is 0 Å². The highest BCUT2D eigenvalue weighted by atomic mass is 35.5. The topological polar surface area (TPSA) is 23.5 Å². The number of halogens is 3. The number of likely N-dealkylation sites (N-methyl/N-ethyl adjacent to an activating group) is 1. The first-order chi connectivity index (χ1) is 7.99. The molecule has 0 fully saturated rings. The summed E-state index contributed by atoms with van der Waals surface area (Å²) in [5.74, 6) is 0. The molecule has 5 heteroatoms. The van der Waals surface area contributed by atoms with Crippen LogP contribution >= 0.6 is 34.8 Å². The molecule has 0 heterocycles. The number of hydrogen-bond acceptors (Lipinski definition) is 2. The maximum atomic E-state index is 10.1. The average molecular weight is 297 g/mol. The van der Waals surface area contributed by atoms with Crippen LogP contribution in [-0.4, -0.2) is 29.6 Å². The molecule has 0 saturated carbocycles. The van der Waals surface area contributed by atoms with Crippen molar-refractivity contribution in [3.05, 3.63) is 32.8 Å². The molecule has 1 atom stereocenters. The lowest BCUT2D eigenvalue weighted by Crippen LogP contribution is -2.28. The van der Waals surface area contributed by atoms with E-state index in [0.29, 0.717) is 27.2 Å². The summed E-state index contributed by atoms with van der Waals surface area (Å²) in [6, 6.07) is 3.23. The molecule has 2 nitrogen and oxygen atoms in total. The van der Waals surface area contributed by atoms with Crippen molar-refractivity contribution in [2.75, 3.05) is 19.6 Å². The molecule has 96 valence electrons. The molecule has 0 saturated heterocycles. The van der Waals surface area contributed by atoms with Crippen molar-refractivity contribution in [1.29, 1.82) is 0 Å². The van der Waals surface area contributed by atoms with Gasteiger partial charge in [-0.05, 0) is 25.2 Å². The minimum absolute atomic E-state index is 0.368. The fourth-order valence-corrected chi connectivity index (χ4v) is 2.39. The van der Waals surface area contributed by atoms with Gasteiger partial charge in [-0.3, -0.25) is 0 Å². The third kappa shape index (κ3) is 4.01. The maximum Gasteiger partial charge on any atom is 0.0932 e. The van der Waals surface area contributed by atoms with Gasteiger partial charge in [-0.2, -0.15) is 0 Å². The van der Waals surface area contributed by atoms with Gasteiger partial charge in [0.25, 0.3) is 0 Å². The summed E-state index contributed by atoms with van der Waals surface area (Å²) in [6.07, 6.45) is -0.682. The maximum absolute atomic E-state index is 10.1. The van der Waals surface area contributed by atoms with Gasteiger partial charge in [-0.1, -0.05) is 48.7 Å². The Morgan fingerprint density at radius 3 is 2.29 bits per heavy atom. The second-order valence-corrected chi connectivity index (χ2v) is 5.01. The molecule has 0 amide bonds. The Balaban J connectivity index is 2.92. The lowest BCUT2D eigenvalue weighted by atomic mass is 10.1. The third-order valence-corrected chi connectivity index (χ3v) is 3.74. The summed E-state index contributed by atoms with van der Waals surface area (Å²) in [4.78, 5) is 2.11. The van der Waals surface area contributed by atoms with Gasteiger partial charge >= 0.3 is 0 Å². The van der Waals surface area contributed by atoms with E-state index in [4.69, 9.17) is 34.8 Å². The number of rotatable bonds is 5. The fraction of sp³-hybridized carbons (Fsp3) is 0.500. The normalized spacial score (nSPS) is 13.1. The van der Waals surface area contributed by atoms with Gasteiger partial charge in [-0.15, -0.1) is 0 Å². The van der Waals surface area contributed by atoms with E-state index in [-0.39, 0.29) is 0 Å². The van der Waals surface area contributed by atoms with Crippen LogP contribution in [0.1, 0.15) is 25.5 Å². The summed E-state index contributed by atoms with van der Waals surface area (Å²) in [7, 11) is 0. The Morgan fingerprint density at radius 1 is 1.18 bits per heavy atom. The van der Waals surface area contributed by atoms with Gasteiger partial charge in [0.15, 0.2) is 0 Å². The van der Waals surface area contributed by atoms with Gasteiger partial charge in [0.2, 0.25) is 0 Å². The summed E-state index contributed by atoms with van der Waals surface area (Å²) in [5.41, 5.74) is 0.580. The van der Waals surface area contributed by atoms with Gasteiger partial charge < -0.3 is 10.0 Å². The van der Waals surface area contributed by atoms with Crippen LogP contribution in [0.25, 0.3) is 0 Å². The predicted molar refractivity (Wildman–Crippen MR) is 74.2 cm³/mol. The molecule has 17 heavy (non-hydrogen) atoms. The molecule has 1 N–H and O–H groups in total. The van der Waals surface area contributed by atoms with Crippen LogP contribution in [0.3, 0.4) is 0 Å². The van der Waals surface area contributed by atoms with Crippen molar-refractivity contribution < 1.29 is 5.11 Å². The molecule has 0 unspecified atom stereocenters. The third-order valence-electron chi connectivity index (χ3n) is 2.71. The summed E-state index contributed by atoms with van der Waals surface area (Å²) < 4.78 is 0. The van der Waals surface area contributed by atoms with Gasteiger partial charge in [-0.25, -0.2) is 0 Å². The van der Waals surface area contributed by atoms with Crippen LogP contribution in [0.2, 0.25) is 15.1 Å². The van der Waals surface area contributed by atoms with E-state index >= 15 is 0 Å². The molecule has 0 aliphatic carbocycles. The first kappa shape index (κ1) is 15.1. The highest BCUT2D eigenvalue weighted by Crippen LogP contribution is 2.33. The monoisotopic (exact) mass is 295 g/mol. The molecule has 0 radical (unpaired) electrons. The van der Waals surface area contributed by atoms with Crippen molar-refractivity contribution in [2.45, 2.75) is 20.0 Å². The lowest BCUT2D eigenvalue weighted by Gasteiger charge is -2.23. The molecule has 0 aliphatic rings. The largest absolute Gasteiger partial charge is 0.387 e. The smallest absolute Gasteiger partial charge is 0.0932 e. The molecule has 0 spiro atoms. The van der Waals surface area contributed by atoms with Crippen molar-refractivity contribution in [3.8, 4) is 0 Å². The minimum atomic E-state index is -0.682. The van der Waals surface area contributed by atoms with Crippen molar-refractivity contribution in [1.82, 2.24) is 4.90 Å². The van der Waals surface area contributed by atoms with E-state index < -0.39 is 6.10 Å². The first-order valence-electron chi connectivity index (χ1n) is 5.54. The minimum Gasteiger partial charge on any atom is -0.387 e. The number of aliphatic hydroxyl groups excluding tert-OH is 1. The molecule has 1 rings (SSSR count). The molecule has 0 bridgehead atoms. The van der Waals surface area contributed by atoms with Crippen molar-refractivity contribution >= 4 is 34.8 Å². The Kier molecular flexibility index (Phi) is 6.04. The Bertz CT molecular complexity index is 380. The Labute approximate surface area is 117 Å². The van der Waals surface area contributed by atoms with E-state index in [2.05, 4.69) is 4.90 Å². The summed E-state index contributed by atoms with van der Waals surface area (Å²) in [5, 5.41) is 11.4. The predicted octanol–water partition coefficient (Wildman–Crippen LogP) is 4.02. The van der Waals surface area contributed by atoms with Crippen molar-refractivity contribution in [3.63, 3.8) is 0 Å². The fourth-order valence-electron chi connectivity index (χ4n) is 1.64. The summed E-state index contributed by atoms with van der Waals surface area (Å²) >= 11 is 17.9. The molecule has 1 aromatic carbocycles. The van der Waals surface area contributed by atoms with E-state index in [1.54, 1.807) is 12.1 Å². The zero-order chi connectivity index (χ0) is 13.0. The number of benzene rings is 1. The average Bonchev–Trinajstić information content (AvgIpc) is 2.30. The zero-order valence-electron chi connectivity index (χ0n) is 9.88. The Hall–Kier alpha value is 0.01000. The molecule has 0 aromatic heterocycles. The van der Waals surface area contributed by atoms with Crippen LogP contribution in [0.4, 0.5) is 0 Å². The van der Waals surface area contributed by atoms with Gasteiger partial charge in [0, 0.05) is 17.1 Å². The van der Waals surface area contributed by atoms with E-state index in [0.717, 1.165) is 13.1 Å². The standard InChI is InChI=1S/C12H16Cl3NO/c1-3-16(4-2)7-11(17)9-5-8(13)6-10(14)12(9)15/h5-6,11,17H,3-4,7H2,1-2H3/t11-/m0/s1. The van der Waals surface area contributed by atoms with Crippen LogP contribution < -0.4 is 0 Å². The highest BCUT2D eigenvalue weighted by molar-refractivity contribution is 6.43. The second kappa shape index (κ2) is 6.81. The quantitative estimate of drug-likeness (QED) is 0.830.